The Hall–Kier alpha value is -1.26. The molecule has 0 bridgehead atoms. The van der Waals surface area contributed by atoms with Gasteiger partial charge < -0.3 is 15.7 Å². The van der Waals surface area contributed by atoms with Gasteiger partial charge in [0, 0.05) is 6.04 Å². The molecule has 1 aliphatic carbocycles. The minimum Gasteiger partial charge on any atom is -0.480 e. The minimum atomic E-state index is -1.03. The van der Waals surface area contributed by atoms with E-state index in [1.807, 2.05) is 6.92 Å². The average Bonchev–Trinajstić information content (AvgIpc) is 2.82. The van der Waals surface area contributed by atoms with Gasteiger partial charge in [0.05, 0.1) is 0 Å². The topological polar surface area (TPSA) is 78.4 Å². The Kier molecular flexibility index (Phi) is 3.11. The summed E-state index contributed by atoms with van der Waals surface area (Å²) in [5.74, 6) is -0.454. The first kappa shape index (κ1) is 9.83. The maximum atomic E-state index is 11.0. The highest BCUT2D eigenvalue weighted by Crippen LogP contribution is 2.32. The van der Waals surface area contributed by atoms with Crippen LogP contribution in [0, 0.1) is 5.92 Å². The smallest absolute Gasteiger partial charge is 0.323 e. The molecular formula is C8H14N2O3. The molecule has 1 unspecified atom stereocenters. The summed E-state index contributed by atoms with van der Waals surface area (Å²) in [6, 6.07) is -0.254. The fourth-order valence-electron chi connectivity index (χ4n) is 1.13. The molecule has 74 valence electrons. The lowest BCUT2D eigenvalue weighted by molar-refractivity contribution is -0.135. The monoisotopic (exact) mass is 186 g/mol. The number of nitrogens with one attached hydrogen (secondary N) is 2. The molecule has 0 aliphatic heterocycles. The zero-order valence-corrected chi connectivity index (χ0v) is 7.54. The molecule has 0 radical (unpaired) electrons. The van der Waals surface area contributed by atoms with Gasteiger partial charge in [-0.2, -0.15) is 0 Å². The largest absolute Gasteiger partial charge is 0.480 e. The van der Waals surface area contributed by atoms with Gasteiger partial charge in [-0.15, -0.1) is 0 Å². The summed E-state index contributed by atoms with van der Waals surface area (Å²) in [4.78, 5) is 21.1. The molecular weight excluding hydrogens is 172 g/mol. The second-order valence-electron chi connectivity index (χ2n) is 3.35. The number of amides is 2. The van der Waals surface area contributed by atoms with Gasteiger partial charge in [0.25, 0.3) is 0 Å². The van der Waals surface area contributed by atoms with E-state index in [1.165, 1.54) is 0 Å². The maximum absolute atomic E-state index is 11.0. The third kappa shape index (κ3) is 3.78. The lowest BCUT2D eigenvalue weighted by Crippen LogP contribution is -2.43. The van der Waals surface area contributed by atoms with Crippen LogP contribution in [-0.2, 0) is 4.79 Å². The first-order chi connectivity index (χ1) is 6.09. The normalized spacial score (nSPS) is 17.6. The van der Waals surface area contributed by atoms with Gasteiger partial charge >= 0.3 is 12.0 Å². The van der Waals surface area contributed by atoms with E-state index in [9.17, 15) is 9.59 Å². The molecule has 1 atom stereocenters. The van der Waals surface area contributed by atoms with Crippen LogP contribution < -0.4 is 10.6 Å². The van der Waals surface area contributed by atoms with E-state index in [0.717, 1.165) is 12.8 Å². The van der Waals surface area contributed by atoms with Crippen molar-refractivity contribution in [1.29, 1.82) is 0 Å². The van der Waals surface area contributed by atoms with Crippen molar-refractivity contribution in [2.75, 3.05) is 6.54 Å². The van der Waals surface area contributed by atoms with Crippen molar-refractivity contribution in [3.63, 3.8) is 0 Å². The summed E-state index contributed by atoms with van der Waals surface area (Å²) in [5, 5.41) is 13.2. The maximum Gasteiger partial charge on any atom is 0.323 e. The van der Waals surface area contributed by atoms with Gasteiger partial charge in [-0.05, 0) is 25.7 Å². The van der Waals surface area contributed by atoms with Gasteiger partial charge in [0.2, 0.25) is 0 Å². The van der Waals surface area contributed by atoms with Crippen LogP contribution in [0.15, 0.2) is 0 Å². The van der Waals surface area contributed by atoms with Crippen molar-refractivity contribution in [3.8, 4) is 0 Å². The van der Waals surface area contributed by atoms with E-state index in [0.29, 0.717) is 5.92 Å². The second kappa shape index (κ2) is 4.11. The molecule has 5 heteroatoms. The Morgan fingerprint density at radius 1 is 1.54 bits per heavy atom. The van der Waals surface area contributed by atoms with Crippen LogP contribution in [0.5, 0.6) is 0 Å². The summed E-state index contributed by atoms with van der Waals surface area (Å²) >= 11 is 0. The molecule has 1 fully saturated rings. The number of aliphatic carboxylic acids is 1. The number of carboxylic acids is 1. The molecule has 1 rings (SSSR count). The van der Waals surface area contributed by atoms with E-state index >= 15 is 0 Å². The highest BCUT2D eigenvalue weighted by molar-refractivity contribution is 5.79. The zero-order chi connectivity index (χ0) is 9.84. The number of carboxylic acid groups (broad SMARTS) is 1. The number of rotatable bonds is 4. The molecule has 0 aromatic rings. The fraction of sp³-hybridized carbons (Fsp3) is 0.750. The third-order valence-corrected chi connectivity index (χ3v) is 2.09. The Morgan fingerprint density at radius 3 is 2.62 bits per heavy atom. The number of carbonyl (C=O) groups is 2. The number of carbonyl (C=O) groups excluding carboxylic acids is 1. The van der Waals surface area contributed by atoms with Gasteiger partial charge in [0.15, 0.2) is 0 Å². The van der Waals surface area contributed by atoms with Crippen molar-refractivity contribution in [2.24, 2.45) is 5.92 Å². The molecule has 1 saturated carbocycles. The van der Waals surface area contributed by atoms with E-state index < -0.39 is 12.0 Å². The highest BCUT2D eigenvalue weighted by Gasteiger charge is 2.28. The predicted molar refractivity (Wildman–Crippen MR) is 46.4 cm³/mol. The van der Waals surface area contributed by atoms with Gasteiger partial charge in [-0.1, -0.05) is 0 Å². The quantitative estimate of drug-likeness (QED) is 0.585. The predicted octanol–water partition coefficient (Wildman–Crippen LogP) is 0.169. The molecule has 5 nitrogen and oxygen atoms in total. The Balaban J connectivity index is 2.12. The van der Waals surface area contributed by atoms with Crippen molar-refractivity contribution in [2.45, 2.75) is 25.8 Å². The second-order valence-corrected chi connectivity index (χ2v) is 3.35. The van der Waals surface area contributed by atoms with Crippen LogP contribution in [-0.4, -0.2) is 29.7 Å². The molecule has 0 spiro atoms. The van der Waals surface area contributed by atoms with Crippen LogP contribution in [0.1, 0.15) is 19.8 Å². The van der Waals surface area contributed by atoms with E-state index in [-0.39, 0.29) is 12.6 Å². The van der Waals surface area contributed by atoms with Crippen LogP contribution in [0.3, 0.4) is 0 Å². The first-order valence-electron chi connectivity index (χ1n) is 4.35. The molecule has 2 amide bonds. The van der Waals surface area contributed by atoms with Gasteiger partial charge in [-0.25, -0.2) is 4.79 Å². The lowest BCUT2D eigenvalue weighted by Gasteiger charge is -2.12. The van der Waals surface area contributed by atoms with Crippen molar-refractivity contribution >= 4 is 12.0 Å². The summed E-state index contributed by atoms with van der Waals surface area (Å²) in [6.07, 6.45) is 2.31. The SMILES string of the molecule is CC(NC(=O)NCC(=O)O)C1CC1. The van der Waals surface area contributed by atoms with Crippen LogP contribution in [0.25, 0.3) is 0 Å². The van der Waals surface area contributed by atoms with Crippen molar-refractivity contribution in [3.05, 3.63) is 0 Å². The standard InChI is InChI=1S/C8H14N2O3/c1-5(6-2-3-6)10-8(13)9-4-7(11)12/h5-6H,2-4H2,1H3,(H,11,12)(H2,9,10,13). The molecule has 1 aliphatic rings. The Morgan fingerprint density at radius 2 is 2.15 bits per heavy atom. The van der Waals surface area contributed by atoms with Crippen molar-refractivity contribution in [1.82, 2.24) is 10.6 Å². The lowest BCUT2D eigenvalue weighted by atomic mass is 10.2. The Bertz CT molecular complexity index is 213. The molecule has 13 heavy (non-hydrogen) atoms. The average molecular weight is 186 g/mol. The summed E-state index contributed by atoms with van der Waals surface area (Å²) in [5.41, 5.74) is 0. The van der Waals surface area contributed by atoms with Gasteiger partial charge in [0.1, 0.15) is 6.54 Å². The number of hydrogen-bond donors (Lipinski definition) is 3. The van der Waals surface area contributed by atoms with Crippen LogP contribution >= 0.6 is 0 Å². The molecule has 0 aromatic heterocycles. The number of hydrogen-bond acceptors (Lipinski definition) is 2. The molecule has 0 heterocycles. The fourth-order valence-corrected chi connectivity index (χ4v) is 1.13. The molecule has 0 aromatic carbocycles. The molecule has 0 saturated heterocycles. The van der Waals surface area contributed by atoms with Gasteiger partial charge in [-0.3, -0.25) is 4.79 Å². The van der Waals surface area contributed by atoms with E-state index in [2.05, 4.69) is 10.6 Å². The summed E-state index contributed by atoms with van der Waals surface area (Å²) in [6.45, 7) is 1.60. The summed E-state index contributed by atoms with van der Waals surface area (Å²) < 4.78 is 0. The first-order valence-corrected chi connectivity index (χ1v) is 4.35. The van der Waals surface area contributed by atoms with E-state index in [4.69, 9.17) is 5.11 Å². The zero-order valence-electron chi connectivity index (χ0n) is 7.54. The summed E-state index contributed by atoms with van der Waals surface area (Å²) in [7, 11) is 0. The van der Waals surface area contributed by atoms with Crippen LogP contribution in [0.2, 0.25) is 0 Å². The van der Waals surface area contributed by atoms with E-state index in [1.54, 1.807) is 0 Å². The number of urea groups is 1. The van der Waals surface area contributed by atoms with Crippen LogP contribution in [0.4, 0.5) is 4.79 Å². The van der Waals surface area contributed by atoms with Crippen molar-refractivity contribution < 1.29 is 14.7 Å². The Labute approximate surface area is 76.5 Å². The highest BCUT2D eigenvalue weighted by atomic mass is 16.4. The minimum absolute atomic E-state index is 0.147. The molecule has 3 N–H and O–H groups in total. The third-order valence-electron chi connectivity index (χ3n) is 2.09.